The molecule has 0 aromatic carbocycles. The van der Waals surface area contributed by atoms with Crippen LogP contribution in [0.25, 0.3) is 5.65 Å². The molecule has 0 aliphatic heterocycles. The number of alkyl halides is 2. The second-order valence-electron chi connectivity index (χ2n) is 4.53. The van der Waals surface area contributed by atoms with Gasteiger partial charge in [0.15, 0.2) is 11.5 Å². The van der Waals surface area contributed by atoms with Gasteiger partial charge in [0.2, 0.25) is 0 Å². The lowest BCUT2D eigenvalue weighted by Gasteiger charge is -2.10. The monoisotopic (exact) mass is 271 g/mol. The lowest BCUT2D eigenvalue weighted by atomic mass is 10.1. The predicted octanol–water partition coefficient (Wildman–Crippen LogP) is 3.76. The molecule has 0 amide bonds. The summed E-state index contributed by atoms with van der Waals surface area (Å²) in [6.07, 6.45) is -0.0326. The highest BCUT2D eigenvalue weighted by atomic mass is 35.5. The first-order valence-corrected chi connectivity index (χ1v) is 6.35. The number of aryl methyl sites for hydroxylation is 1. The van der Waals surface area contributed by atoms with Gasteiger partial charge in [0, 0.05) is 6.42 Å². The second-order valence-corrected chi connectivity index (χ2v) is 4.89. The first kappa shape index (κ1) is 11.8. The van der Waals surface area contributed by atoms with E-state index in [1.54, 1.807) is 6.07 Å². The summed E-state index contributed by atoms with van der Waals surface area (Å²) >= 11 is 6.06. The summed E-state index contributed by atoms with van der Waals surface area (Å²) in [5.41, 5.74) is 1.11. The summed E-state index contributed by atoms with van der Waals surface area (Å²) in [5, 5.41) is 4.13. The molecule has 1 fully saturated rings. The molecule has 1 saturated carbocycles. The van der Waals surface area contributed by atoms with Gasteiger partial charge < -0.3 is 0 Å². The van der Waals surface area contributed by atoms with Gasteiger partial charge in [-0.1, -0.05) is 18.5 Å². The van der Waals surface area contributed by atoms with Crippen molar-refractivity contribution in [2.45, 2.75) is 38.5 Å². The van der Waals surface area contributed by atoms with Gasteiger partial charge in [-0.15, -0.1) is 5.10 Å². The first-order chi connectivity index (χ1) is 8.61. The zero-order valence-electron chi connectivity index (χ0n) is 9.83. The van der Waals surface area contributed by atoms with Crippen LogP contribution in [0.2, 0.25) is 5.15 Å². The van der Waals surface area contributed by atoms with E-state index in [4.69, 9.17) is 11.6 Å². The average Bonchev–Trinajstić information content (AvgIpc) is 3.08. The highest BCUT2D eigenvalue weighted by Crippen LogP contribution is 2.46. The summed E-state index contributed by atoms with van der Waals surface area (Å²) in [4.78, 5) is 4.29. The van der Waals surface area contributed by atoms with E-state index in [-0.39, 0.29) is 16.6 Å². The Hall–Kier alpha value is -1.23. The van der Waals surface area contributed by atoms with Crippen LogP contribution in [-0.4, -0.2) is 14.6 Å². The minimum Gasteiger partial charge on any atom is -0.212 e. The molecular weight excluding hydrogens is 260 g/mol. The van der Waals surface area contributed by atoms with Crippen molar-refractivity contribution in [1.29, 1.82) is 0 Å². The zero-order valence-corrected chi connectivity index (χ0v) is 10.6. The Morgan fingerprint density at radius 1 is 1.50 bits per heavy atom. The first-order valence-electron chi connectivity index (χ1n) is 5.98. The molecule has 2 aromatic heterocycles. The smallest absolute Gasteiger partial charge is 0.212 e. The molecule has 3 nitrogen and oxygen atoms in total. The summed E-state index contributed by atoms with van der Waals surface area (Å²) in [7, 11) is 0. The minimum absolute atomic E-state index is 0.00315. The molecule has 6 heteroatoms. The van der Waals surface area contributed by atoms with Gasteiger partial charge in [-0.3, -0.25) is 0 Å². The normalized spacial score (nSPS) is 15.8. The molecule has 0 radical (unpaired) electrons. The van der Waals surface area contributed by atoms with Crippen molar-refractivity contribution in [1.82, 2.24) is 14.6 Å². The molecule has 0 spiro atoms. The average molecular weight is 272 g/mol. The SMILES string of the molecule is CCc1nc2cc(C3CC3)c(C(F)F)c(Cl)n2n1. The van der Waals surface area contributed by atoms with Crippen molar-refractivity contribution in [3.05, 3.63) is 28.2 Å². The van der Waals surface area contributed by atoms with Crippen LogP contribution < -0.4 is 0 Å². The van der Waals surface area contributed by atoms with Gasteiger partial charge >= 0.3 is 0 Å². The molecule has 2 heterocycles. The van der Waals surface area contributed by atoms with Crippen molar-refractivity contribution in [2.75, 3.05) is 0 Å². The number of halogens is 3. The predicted molar refractivity (Wildman–Crippen MR) is 64.3 cm³/mol. The summed E-state index contributed by atoms with van der Waals surface area (Å²) in [6, 6.07) is 1.71. The quantitative estimate of drug-likeness (QED) is 0.796. The topological polar surface area (TPSA) is 30.2 Å². The van der Waals surface area contributed by atoms with Gasteiger partial charge in [-0.2, -0.15) is 0 Å². The van der Waals surface area contributed by atoms with Crippen LogP contribution in [-0.2, 0) is 6.42 Å². The summed E-state index contributed by atoms with van der Waals surface area (Å²) in [6.45, 7) is 1.92. The maximum atomic E-state index is 13.1. The molecule has 1 aliphatic rings. The van der Waals surface area contributed by atoms with E-state index in [2.05, 4.69) is 10.1 Å². The van der Waals surface area contributed by atoms with Gasteiger partial charge in [-0.05, 0) is 30.4 Å². The minimum atomic E-state index is -2.58. The Morgan fingerprint density at radius 3 is 2.78 bits per heavy atom. The highest BCUT2D eigenvalue weighted by Gasteiger charge is 2.32. The van der Waals surface area contributed by atoms with Crippen molar-refractivity contribution < 1.29 is 8.78 Å². The van der Waals surface area contributed by atoms with E-state index in [0.717, 1.165) is 12.8 Å². The van der Waals surface area contributed by atoms with Gasteiger partial charge in [0.25, 0.3) is 6.43 Å². The number of nitrogens with zero attached hydrogens (tertiary/aromatic N) is 3. The summed E-state index contributed by atoms with van der Waals surface area (Å²) in [5.74, 6) is 0.823. The van der Waals surface area contributed by atoms with E-state index in [0.29, 0.717) is 23.5 Å². The van der Waals surface area contributed by atoms with Crippen molar-refractivity contribution >= 4 is 17.2 Å². The van der Waals surface area contributed by atoms with Gasteiger partial charge in [-0.25, -0.2) is 18.3 Å². The van der Waals surface area contributed by atoms with Gasteiger partial charge in [0.1, 0.15) is 5.15 Å². The number of pyridine rings is 1. The molecule has 0 saturated heterocycles. The third kappa shape index (κ3) is 1.77. The molecule has 3 rings (SSSR count). The number of hydrogen-bond donors (Lipinski definition) is 0. The standard InChI is InChI=1S/C12H12ClF2N3/c1-2-8-16-9-5-7(6-3-4-6)10(12(14)15)11(13)18(9)17-8/h5-6,12H,2-4H2,1H3. The molecular formula is C12H12ClF2N3. The number of aromatic nitrogens is 3. The van der Waals surface area contributed by atoms with Crippen molar-refractivity contribution in [3.63, 3.8) is 0 Å². The fraction of sp³-hybridized carbons (Fsp3) is 0.500. The maximum Gasteiger partial charge on any atom is 0.267 e. The highest BCUT2D eigenvalue weighted by molar-refractivity contribution is 6.30. The molecule has 0 unspecified atom stereocenters. The van der Waals surface area contributed by atoms with Gasteiger partial charge in [0.05, 0.1) is 5.56 Å². The number of rotatable bonds is 3. The third-order valence-corrected chi connectivity index (χ3v) is 3.60. The molecule has 1 aliphatic carbocycles. The van der Waals surface area contributed by atoms with E-state index < -0.39 is 6.43 Å². The Balaban J connectivity index is 2.28. The molecule has 96 valence electrons. The van der Waals surface area contributed by atoms with Crippen LogP contribution in [0.1, 0.15) is 49.1 Å². The van der Waals surface area contributed by atoms with Crippen LogP contribution in [0.15, 0.2) is 6.07 Å². The van der Waals surface area contributed by atoms with E-state index in [1.807, 2.05) is 6.92 Å². The molecule has 0 bridgehead atoms. The molecule has 0 atom stereocenters. The second kappa shape index (κ2) is 4.16. The lowest BCUT2D eigenvalue weighted by Crippen LogP contribution is -2.02. The van der Waals surface area contributed by atoms with E-state index in [1.165, 1.54) is 4.52 Å². The fourth-order valence-electron chi connectivity index (χ4n) is 2.15. The van der Waals surface area contributed by atoms with Crippen LogP contribution >= 0.6 is 11.6 Å². The Labute approximate surface area is 108 Å². The number of fused-ring (bicyclic) bond motifs is 1. The molecule has 0 N–H and O–H groups in total. The van der Waals surface area contributed by atoms with Crippen LogP contribution in [0.3, 0.4) is 0 Å². The molecule has 18 heavy (non-hydrogen) atoms. The zero-order chi connectivity index (χ0) is 12.9. The summed E-state index contributed by atoms with van der Waals surface area (Å²) < 4.78 is 27.6. The Morgan fingerprint density at radius 2 is 2.22 bits per heavy atom. The van der Waals surface area contributed by atoms with E-state index in [9.17, 15) is 8.78 Å². The maximum absolute atomic E-state index is 13.1. The van der Waals surface area contributed by atoms with Crippen LogP contribution in [0.5, 0.6) is 0 Å². The van der Waals surface area contributed by atoms with Crippen LogP contribution in [0.4, 0.5) is 8.78 Å². The fourth-order valence-corrected chi connectivity index (χ4v) is 2.47. The van der Waals surface area contributed by atoms with Crippen molar-refractivity contribution in [2.24, 2.45) is 0 Å². The third-order valence-electron chi connectivity index (χ3n) is 3.23. The van der Waals surface area contributed by atoms with E-state index >= 15 is 0 Å². The Bertz CT molecular complexity index is 605. The Kier molecular flexibility index (Phi) is 2.73. The number of hydrogen-bond acceptors (Lipinski definition) is 2. The lowest BCUT2D eigenvalue weighted by molar-refractivity contribution is 0.149. The molecule has 2 aromatic rings. The van der Waals surface area contributed by atoms with Crippen LogP contribution in [0, 0.1) is 0 Å². The van der Waals surface area contributed by atoms with Crippen molar-refractivity contribution in [3.8, 4) is 0 Å². The largest absolute Gasteiger partial charge is 0.267 e.